The van der Waals surface area contributed by atoms with E-state index in [1.165, 1.54) is 0 Å². The summed E-state index contributed by atoms with van der Waals surface area (Å²) in [5.74, 6) is 0. The molecule has 2 aromatic rings. The number of anilines is 1. The predicted molar refractivity (Wildman–Crippen MR) is 68.9 cm³/mol. The molecule has 0 aliphatic carbocycles. The number of halogens is 3. The van der Waals surface area contributed by atoms with Crippen LogP contribution in [-0.2, 0) is 12.6 Å². The molecule has 2 heterocycles. The lowest BCUT2D eigenvalue weighted by Crippen LogP contribution is -2.18. The van der Waals surface area contributed by atoms with E-state index in [0.717, 1.165) is 43.1 Å². The van der Waals surface area contributed by atoms with Gasteiger partial charge in [-0.2, -0.15) is 13.2 Å². The molecule has 20 heavy (non-hydrogen) atoms. The topological polar surface area (TPSA) is 42.2 Å². The minimum Gasteiger partial charge on any atom is -0.422 e. The molecule has 0 atom stereocenters. The highest BCUT2D eigenvalue weighted by molar-refractivity contribution is 5.83. The van der Waals surface area contributed by atoms with E-state index >= 15 is 0 Å². The van der Waals surface area contributed by atoms with Crippen LogP contribution in [0.5, 0.6) is 0 Å². The van der Waals surface area contributed by atoms with Gasteiger partial charge < -0.3 is 9.73 Å². The van der Waals surface area contributed by atoms with Crippen molar-refractivity contribution in [3.05, 3.63) is 39.7 Å². The molecule has 3 rings (SSSR count). The van der Waals surface area contributed by atoms with Gasteiger partial charge in [-0.15, -0.1) is 0 Å². The van der Waals surface area contributed by atoms with E-state index in [-0.39, 0.29) is 5.58 Å². The van der Waals surface area contributed by atoms with Gasteiger partial charge in [-0.3, -0.25) is 0 Å². The van der Waals surface area contributed by atoms with E-state index in [1.54, 1.807) is 12.1 Å². The average molecular weight is 283 g/mol. The van der Waals surface area contributed by atoms with Crippen LogP contribution in [0.4, 0.5) is 18.9 Å². The molecule has 1 aromatic carbocycles. The molecule has 0 fully saturated rings. The van der Waals surface area contributed by atoms with Crippen molar-refractivity contribution in [3.8, 4) is 0 Å². The number of fused-ring (bicyclic) bond motifs is 2. The Morgan fingerprint density at radius 2 is 1.95 bits per heavy atom. The first-order chi connectivity index (χ1) is 9.45. The van der Waals surface area contributed by atoms with E-state index in [2.05, 4.69) is 5.32 Å². The Kier molecular flexibility index (Phi) is 2.96. The second kappa shape index (κ2) is 4.54. The molecule has 0 radical (unpaired) electrons. The zero-order chi connectivity index (χ0) is 14.3. The number of hydrogen-bond donors (Lipinski definition) is 1. The SMILES string of the molecule is O=c1oc2cc3c(cc2cc1C(F)(F)F)CCCCN3. The van der Waals surface area contributed by atoms with Crippen LogP contribution in [0.25, 0.3) is 11.0 Å². The van der Waals surface area contributed by atoms with Crippen LogP contribution >= 0.6 is 0 Å². The molecular weight excluding hydrogens is 271 g/mol. The summed E-state index contributed by atoms with van der Waals surface area (Å²) in [6, 6.07) is 4.14. The Bertz CT molecular complexity index is 719. The molecule has 1 aliphatic rings. The molecule has 0 saturated carbocycles. The fourth-order valence-corrected chi connectivity index (χ4v) is 2.45. The van der Waals surface area contributed by atoms with Crippen molar-refractivity contribution in [1.29, 1.82) is 0 Å². The maximum Gasteiger partial charge on any atom is 0.423 e. The third-order valence-corrected chi connectivity index (χ3v) is 3.45. The molecule has 0 spiro atoms. The number of nitrogens with one attached hydrogen (secondary N) is 1. The van der Waals surface area contributed by atoms with Crippen LogP contribution < -0.4 is 10.9 Å². The summed E-state index contributed by atoms with van der Waals surface area (Å²) in [6.07, 6.45) is -1.91. The lowest BCUT2D eigenvalue weighted by Gasteiger charge is -2.10. The Balaban J connectivity index is 2.22. The number of rotatable bonds is 0. The maximum atomic E-state index is 12.7. The minimum absolute atomic E-state index is 0.177. The smallest absolute Gasteiger partial charge is 0.422 e. The molecule has 6 heteroatoms. The summed E-state index contributed by atoms with van der Waals surface area (Å²) in [5, 5.41) is 3.50. The number of hydrogen-bond acceptors (Lipinski definition) is 3. The van der Waals surface area contributed by atoms with Crippen LogP contribution in [0.2, 0.25) is 0 Å². The fourth-order valence-electron chi connectivity index (χ4n) is 2.45. The standard InChI is InChI=1S/C14H12F3NO2/c15-14(16,17)10-6-9-5-8-3-1-2-4-18-11(8)7-12(9)20-13(10)19/h5-7,18H,1-4H2. The average Bonchev–Trinajstić information content (AvgIpc) is 2.58. The van der Waals surface area contributed by atoms with Crippen LogP contribution in [0.3, 0.4) is 0 Å². The number of benzene rings is 1. The van der Waals surface area contributed by atoms with Crippen LogP contribution in [0.1, 0.15) is 24.0 Å². The Labute approximate surface area is 112 Å². The van der Waals surface area contributed by atoms with Gasteiger partial charge in [0.25, 0.3) is 0 Å². The zero-order valence-corrected chi connectivity index (χ0v) is 10.5. The summed E-state index contributed by atoms with van der Waals surface area (Å²) in [4.78, 5) is 11.4. The molecule has 1 N–H and O–H groups in total. The van der Waals surface area contributed by atoms with Gasteiger partial charge in [-0.05, 0) is 37.0 Å². The minimum atomic E-state index is -4.69. The first-order valence-electron chi connectivity index (χ1n) is 6.37. The van der Waals surface area contributed by atoms with Gasteiger partial charge in [0, 0.05) is 23.7 Å². The first kappa shape index (κ1) is 13.0. The van der Waals surface area contributed by atoms with Crippen molar-refractivity contribution in [1.82, 2.24) is 0 Å². The van der Waals surface area contributed by atoms with E-state index in [0.29, 0.717) is 5.39 Å². The van der Waals surface area contributed by atoms with Gasteiger partial charge in [0.2, 0.25) is 0 Å². The van der Waals surface area contributed by atoms with E-state index in [1.807, 2.05) is 0 Å². The molecule has 1 aliphatic heterocycles. The first-order valence-corrected chi connectivity index (χ1v) is 6.37. The summed E-state index contributed by atoms with van der Waals surface area (Å²) in [5.41, 5.74) is -0.642. The third kappa shape index (κ3) is 2.26. The second-order valence-electron chi connectivity index (χ2n) is 4.88. The molecule has 106 valence electrons. The largest absolute Gasteiger partial charge is 0.423 e. The third-order valence-electron chi connectivity index (χ3n) is 3.45. The highest BCUT2D eigenvalue weighted by Crippen LogP contribution is 2.31. The molecule has 0 unspecified atom stereocenters. The van der Waals surface area contributed by atoms with Crippen molar-refractivity contribution in [3.63, 3.8) is 0 Å². The predicted octanol–water partition coefficient (Wildman–Crippen LogP) is 3.56. The fraction of sp³-hybridized carbons (Fsp3) is 0.357. The molecule has 0 amide bonds. The van der Waals surface area contributed by atoms with Gasteiger partial charge in [-0.1, -0.05) is 0 Å². The lowest BCUT2D eigenvalue weighted by molar-refractivity contribution is -0.139. The Morgan fingerprint density at radius 3 is 2.70 bits per heavy atom. The second-order valence-corrected chi connectivity index (χ2v) is 4.88. The van der Waals surface area contributed by atoms with E-state index in [4.69, 9.17) is 4.42 Å². The van der Waals surface area contributed by atoms with Crippen molar-refractivity contribution in [2.24, 2.45) is 0 Å². The van der Waals surface area contributed by atoms with Crippen molar-refractivity contribution in [2.45, 2.75) is 25.4 Å². The van der Waals surface area contributed by atoms with Crippen LogP contribution in [0.15, 0.2) is 27.4 Å². The van der Waals surface area contributed by atoms with Crippen LogP contribution in [-0.4, -0.2) is 6.54 Å². The monoisotopic (exact) mass is 283 g/mol. The lowest BCUT2D eigenvalue weighted by atomic mass is 10.0. The Hall–Kier alpha value is -1.98. The van der Waals surface area contributed by atoms with E-state index in [9.17, 15) is 18.0 Å². The number of alkyl halides is 3. The summed E-state index contributed by atoms with van der Waals surface area (Å²) < 4.78 is 42.9. The normalized spacial score (nSPS) is 15.6. The van der Waals surface area contributed by atoms with Crippen molar-refractivity contribution < 1.29 is 17.6 Å². The quantitative estimate of drug-likeness (QED) is 0.752. The van der Waals surface area contributed by atoms with Crippen LogP contribution in [0, 0.1) is 0 Å². The molecule has 1 aromatic heterocycles. The summed E-state index contributed by atoms with van der Waals surface area (Å²) >= 11 is 0. The summed E-state index contributed by atoms with van der Waals surface area (Å²) in [7, 11) is 0. The summed E-state index contributed by atoms with van der Waals surface area (Å²) in [6.45, 7) is 0.809. The highest BCUT2D eigenvalue weighted by Gasteiger charge is 2.35. The molecule has 0 bridgehead atoms. The Morgan fingerprint density at radius 1 is 1.15 bits per heavy atom. The van der Waals surface area contributed by atoms with Gasteiger partial charge in [0.05, 0.1) is 0 Å². The molecular formula is C14H12F3NO2. The molecule has 3 nitrogen and oxygen atoms in total. The van der Waals surface area contributed by atoms with Gasteiger partial charge >= 0.3 is 11.8 Å². The van der Waals surface area contributed by atoms with E-state index < -0.39 is 17.4 Å². The number of aryl methyl sites for hydroxylation is 1. The molecule has 0 saturated heterocycles. The van der Waals surface area contributed by atoms with Crippen molar-refractivity contribution >= 4 is 16.7 Å². The zero-order valence-electron chi connectivity index (χ0n) is 10.5. The van der Waals surface area contributed by atoms with Crippen molar-refractivity contribution in [2.75, 3.05) is 11.9 Å². The maximum absolute atomic E-state index is 12.7. The van der Waals surface area contributed by atoms with Gasteiger partial charge in [0.15, 0.2) is 0 Å². The van der Waals surface area contributed by atoms with Gasteiger partial charge in [0.1, 0.15) is 11.1 Å². The van der Waals surface area contributed by atoms with Gasteiger partial charge in [-0.25, -0.2) is 4.79 Å². The highest BCUT2D eigenvalue weighted by atomic mass is 19.4.